The lowest BCUT2D eigenvalue weighted by molar-refractivity contribution is 0.174. The summed E-state index contributed by atoms with van der Waals surface area (Å²) in [5, 5.41) is 0. The molecule has 2 aromatic rings. The summed E-state index contributed by atoms with van der Waals surface area (Å²) in [6.45, 7) is 5.04. The summed E-state index contributed by atoms with van der Waals surface area (Å²) in [7, 11) is 0. The van der Waals surface area contributed by atoms with Crippen molar-refractivity contribution in [1.82, 2.24) is 14.9 Å². The first-order valence-corrected chi connectivity index (χ1v) is 8.41. The largest absolute Gasteiger partial charge is 0.454 e. The topological polar surface area (TPSA) is 50.7 Å². The van der Waals surface area contributed by atoms with Crippen LogP contribution in [-0.2, 0) is 6.54 Å². The number of hydrogen-bond acceptors (Lipinski definition) is 6. The Kier molecular flexibility index (Phi) is 4.05. The van der Waals surface area contributed by atoms with Crippen molar-refractivity contribution in [3.63, 3.8) is 0 Å². The summed E-state index contributed by atoms with van der Waals surface area (Å²) in [4.78, 5) is 13.3. The van der Waals surface area contributed by atoms with Crippen LogP contribution >= 0.6 is 15.9 Å². The normalized spacial score (nSPS) is 17.5. The van der Waals surface area contributed by atoms with Gasteiger partial charge in [0.1, 0.15) is 0 Å². The van der Waals surface area contributed by atoms with Crippen molar-refractivity contribution in [2.75, 3.05) is 37.9 Å². The molecule has 0 spiro atoms. The highest BCUT2D eigenvalue weighted by Crippen LogP contribution is 2.37. The van der Waals surface area contributed by atoms with Crippen LogP contribution in [0.4, 0.5) is 5.95 Å². The van der Waals surface area contributed by atoms with Crippen molar-refractivity contribution in [2.45, 2.75) is 6.54 Å². The predicted molar refractivity (Wildman–Crippen MR) is 89.8 cm³/mol. The molecule has 0 N–H and O–H groups in total. The van der Waals surface area contributed by atoms with Gasteiger partial charge in [-0.25, -0.2) is 9.97 Å². The zero-order valence-electron chi connectivity index (χ0n) is 12.6. The summed E-state index contributed by atoms with van der Waals surface area (Å²) in [5.41, 5.74) is 1.22. The van der Waals surface area contributed by atoms with E-state index < -0.39 is 0 Å². The van der Waals surface area contributed by atoms with E-state index in [4.69, 9.17) is 9.47 Å². The Labute approximate surface area is 143 Å². The van der Waals surface area contributed by atoms with Gasteiger partial charge in [-0.2, -0.15) is 0 Å². The van der Waals surface area contributed by atoms with Crippen molar-refractivity contribution in [3.05, 3.63) is 40.6 Å². The molecule has 1 fully saturated rings. The van der Waals surface area contributed by atoms with Crippen LogP contribution in [0.1, 0.15) is 5.56 Å². The molecule has 0 amide bonds. The fourth-order valence-electron chi connectivity index (χ4n) is 2.88. The van der Waals surface area contributed by atoms with E-state index in [-0.39, 0.29) is 0 Å². The van der Waals surface area contributed by atoms with Crippen LogP contribution in [0.5, 0.6) is 11.5 Å². The SMILES string of the molecule is Brc1cc2c(cc1CN1CCN(c3ncccn3)CC1)OCO2. The lowest BCUT2D eigenvalue weighted by atomic mass is 10.1. The van der Waals surface area contributed by atoms with E-state index in [9.17, 15) is 0 Å². The van der Waals surface area contributed by atoms with Gasteiger partial charge in [0.05, 0.1) is 0 Å². The minimum absolute atomic E-state index is 0.307. The summed E-state index contributed by atoms with van der Waals surface area (Å²) in [6.07, 6.45) is 3.58. The molecule has 2 aliphatic heterocycles. The van der Waals surface area contributed by atoms with Gasteiger partial charge < -0.3 is 14.4 Å². The summed E-state index contributed by atoms with van der Waals surface area (Å²) < 4.78 is 11.9. The maximum Gasteiger partial charge on any atom is 0.231 e. The standard InChI is InChI=1S/C16H17BrN4O2/c17-13-9-15-14(22-11-23-15)8-12(13)10-20-4-6-21(7-5-20)16-18-2-1-3-19-16/h1-3,8-9H,4-7,10-11H2. The van der Waals surface area contributed by atoms with Crippen LogP contribution in [0.25, 0.3) is 0 Å². The zero-order valence-corrected chi connectivity index (χ0v) is 14.2. The number of rotatable bonds is 3. The van der Waals surface area contributed by atoms with Gasteiger partial charge in [-0.3, -0.25) is 4.90 Å². The minimum atomic E-state index is 0.307. The Bertz CT molecular complexity index is 690. The van der Waals surface area contributed by atoms with Crippen LogP contribution in [-0.4, -0.2) is 47.8 Å². The highest BCUT2D eigenvalue weighted by atomic mass is 79.9. The first kappa shape index (κ1) is 14.7. The second kappa shape index (κ2) is 6.33. The number of piperazine rings is 1. The molecule has 0 saturated carbocycles. The van der Waals surface area contributed by atoms with E-state index in [1.807, 2.05) is 12.1 Å². The lowest BCUT2D eigenvalue weighted by Gasteiger charge is -2.34. The molecular weight excluding hydrogens is 360 g/mol. The molecule has 1 aromatic heterocycles. The number of hydrogen-bond donors (Lipinski definition) is 0. The third-order valence-electron chi connectivity index (χ3n) is 4.14. The van der Waals surface area contributed by atoms with Crippen molar-refractivity contribution >= 4 is 21.9 Å². The molecule has 23 heavy (non-hydrogen) atoms. The molecule has 6 nitrogen and oxygen atoms in total. The van der Waals surface area contributed by atoms with Crippen LogP contribution in [0.3, 0.4) is 0 Å². The fraction of sp³-hybridized carbons (Fsp3) is 0.375. The summed E-state index contributed by atoms with van der Waals surface area (Å²) in [6, 6.07) is 5.90. The lowest BCUT2D eigenvalue weighted by Crippen LogP contribution is -2.46. The third-order valence-corrected chi connectivity index (χ3v) is 4.88. The molecule has 120 valence electrons. The molecule has 7 heteroatoms. The van der Waals surface area contributed by atoms with Crippen molar-refractivity contribution in [1.29, 1.82) is 0 Å². The number of ether oxygens (including phenoxy) is 2. The molecule has 0 bridgehead atoms. The number of benzene rings is 1. The molecule has 2 aliphatic rings. The number of nitrogens with zero attached hydrogens (tertiary/aromatic N) is 4. The van der Waals surface area contributed by atoms with Gasteiger partial charge in [0.2, 0.25) is 12.7 Å². The van der Waals surface area contributed by atoms with E-state index in [1.165, 1.54) is 5.56 Å². The molecule has 0 unspecified atom stereocenters. The van der Waals surface area contributed by atoms with Gasteiger partial charge in [-0.15, -0.1) is 0 Å². The van der Waals surface area contributed by atoms with E-state index in [0.29, 0.717) is 6.79 Å². The molecular formula is C16H17BrN4O2. The number of aromatic nitrogens is 2. The quantitative estimate of drug-likeness (QED) is 0.818. The number of fused-ring (bicyclic) bond motifs is 1. The van der Waals surface area contributed by atoms with E-state index in [0.717, 1.165) is 54.6 Å². The second-order valence-electron chi connectivity index (χ2n) is 5.61. The van der Waals surface area contributed by atoms with Crippen LogP contribution < -0.4 is 14.4 Å². The van der Waals surface area contributed by atoms with Crippen LogP contribution in [0, 0.1) is 0 Å². The summed E-state index contributed by atoms with van der Waals surface area (Å²) in [5.74, 6) is 2.46. The van der Waals surface area contributed by atoms with Gasteiger partial charge in [-0.05, 0) is 23.8 Å². The van der Waals surface area contributed by atoms with Gasteiger partial charge in [0.25, 0.3) is 0 Å². The van der Waals surface area contributed by atoms with Gasteiger partial charge in [0.15, 0.2) is 11.5 Å². The van der Waals surface area contributed by atoms with Gasteiger partial charge >= 0.3 is 0 Å². The molecule has 1 saturated heterocycles. The molecule has 0 radical (unpaired) electrons. The average Bonchev–Trinajstić information content (AvgIpc) is 3.04. The molecule has 4 rings (SSSR count). The first-order valence-electron chi connectivity index (χ1n) is 7.62. The Morgan fingerprint density at radius 1 is 1.00 bits per heavy atom. The highest BCUT2D eigenvalue weighted by Gasteiger charge is 2.21. The van der Waals surface area contributed by atoms with E-state index >= 15 is 0 Å². The predicted octanol–water partition coefficient (Wildman–Crippen LogP) is 2.29. The van der Waals surface area contributed by atoms with E-state index in [2.05, 4.69) is 41.8 Å². The molecule has 3 heterocycles. The Morgan fingerprint density at radius 3 is 2.43 bits per heavy atom. The molecule has 1 aromatic carbocycles. The molecule has 0 atom stereocenters. The van der Waals surface area contributed by atoms with Gasteiger partial charge in [-0.1, -0.05) is 15.9 Å². The Hall–Kier alpha value is -1.86. The number of halogens is 1. The smallest absolute Gasteiger partial charge is 0.231 e. The maximum absolute atomic E-state index is 5.47. The van der Waals surface area contributed by atoms with Gasteiger partial charge in [0, 0.05) is 49.6 Å². The Morgan fingerprint density at radius 2 is 1.70 bits per heavy atom. The maximum atomic E-state index is 5.47. The third kappa shape index (κ3) is 3.11. The average molecular weight is 377 g/mol. The van der Waals surface area contributed by atoms with Crippen molar-refractivity contribution in [3.8, 4) is 11.5 Å². The van der Waals surface area contributed by atoms with Crippen LogP contribution in [0.2, 0.25) is 0 Å². The van der Waals surface area contributed by atoms with Crippen molar-refractivity contribution in [2.24, 2.45) is 0 Å². The molecule has 0 aliphatic carbocycles. The highest BCUT2D eigenvalue weighted by molar-refractivity contribution is 9.10. The number of anilines is 1. The monoisotopic (exact) mass is 376 g/mol. The fourth-order valence-corrected chi connectivity index (χ4v) is 3.33. The Balaban J connectivity index is 1.40. The minimum Gasteiger partial charge on any atom is -0.454 e. The second-order valence-corrected chi connectivity index (χ2v) is 6.46. The van der Waals surface area contributed by atoms with E-state index in [1.54, 1.807) is 12.4 Å². The first-order chi connectivity index (χ1) is 11.3. The zero-order chi connectivity index (χ0) is 15.6. The van der Waals surface area contributed by atoms with Crippen molar-refractivity contribution < 1.29 is 9.47 Å². The summed E-state index contributed by atoms with van der Waals surface area (Å²) >= 11 is 3.63. The van der Waals surface area contributed by atoms with Crippen LogP contribution in [0.15, 0.2) is 35.1 Å².